The third-order valence-corrected chi connectivity index (χ3v) is 6.42. The monoisotopic (exact) mass is 357 g/mol. The topological polar surface area (TPSA) is 47.5 Å². The van der Waals surface area contributed by atoms with Crippen LogP contribution in [-0.2, 0) is 17.9 Å². The molecule has 0 aromatic carbocycles. The van der Waals surface area contributed by atoms with Crippen molar-refractivity contribution in [1.82, 2.24) is 14.9 Å². The lowest BCUT2D eigenvalue weighted by atomic mass is 9.92. The molecule has 2 aliphatic heterocycles. The van der Waals surface area contributed by atoms with E-state index in [1.165, 1.54) is 0 Å². The second kappa shape index (κ2) is 7.32. The van der Waals surface area contributed by atoms with Gasteiger partial charge in [-0.05, 0) is 24.1 Å². The number of hydrogen-bond acceptors (Lipinski definition) is 6. The van der Waals surface area contributed by atoms with Crippen molar-refractivity contribution < 1.29 is 9.47 Å². The molecular formula is C19H23N3O2S. The maximum Gasteiger partial charge on any atom is 0.217 e. The van der Waals surface area contributed by atoms with E-state index in [2.05, 4.69) is 38.8 Å². The number of thioether (sulfide) groups is 1. The molecule has 0 unspecified atom stereocenters. The SMILES string of the molecule is COc1ncccc1CN1CC2(C[C@@H](OCc3cccnc3)CS2)C1. The van der Waals surface area contributed by atoms with Crippen molar-refractivity contribution in [3.05, 3.63) is 54.0 Å². The van der Waals surface area contributed by atoms with Crippen LogP contribution in [0.3, 0.4) is 0 Å². The zero-order valence-corrected chi connectivity index (χ0v) is 15.2. The van der Waals surface area contributed by atoms with Gasteiger partial charge >= 0.3 is 0 Å². The Balaban J connectivity index is 1.26. The van der Waals surface area contributed by atoms with Crippen molar-refractivity contribution >= 4 is 11.8 Å². The van der Waals surface area contributed by atoms with Gasteiger partial charge in [0.15, 0.2) is 0 Å². The third-order valence-electron chi connectivity index (χ3n) is 4.84. The van der Waals surface area contributed by atoms with Crippen LogP contribution < -0.4 is 4.74 Å². The van der Waals surface area contributed by atoms with E-state index in [9.17, 15) is 0 Å². The molecule has 0 saturated carbocycles. The van der Waals surface area contributed by atoms with Crippen molar-refractivity contribution in [2.75, 3.05) is 26.0 Å². The molecule has 2 aromatic rings. The van der Waals surface area contributed by atoms with Gasteiger partial charge in [0.05, 0.1) is 19.8 Å². The Labute approximate surface area is 152 Å². The van der Waals surface area contributed by atoms with Gasteiger partial charge in [-0.1, -0.05) is 12.1 Å². The second-order valence-corrected chi connectivity index (χ2v) is 8.30. The number of rotatable bonds is 6. The molecule has 0 aliphatic carbocycles. The summed E-state index contributed by atoms with van der Waals surface area (Å²) >= 11 is 2.07. The molecule has 4 heterocycles. The summed E-state index contributed by atoms with van der Waals surface area (Å²) < 4.78 is 11.8. The number of nitrogens with zero attached hydrogens (tertiary/aromatic N) is 3. The van der Waals surface area contributed by atoms with E-state index >= 15 is 0 Å². The maximum absolute atomic E-state index is 6.10. The number of pyridine rings is 2. The number of ether oxygens (including phenoxy) is 2. The molecule has 4 rings (SSSR count). The average molecular weight is 357 g/mol. The first-order valence-electron chi connectivity index (χ1n) is 8.61. The Bertz CT molecular complexity index is 707. The first kappa shape index (κ1) is 16.8. The van der Waals surface area contributed by atoms with Crippen molar-refractivity contribution in [3.8, 4) is 5.88 Å². The third kappa shape index (κ3) is 3.81. The molecule has 2 saturated heterocycles. The lowest BCUT2D eigenvalue weighted by Gasteiger charge is -2.47. The van der Waals surface area contributed by atoms with E-state index in [1.54, 1.807) is 19.5 Å². The van der Waals surface area contributed by atoms with Crippen LogP contribution in [0.4, 0.5) is 0 Å². The van der Waals surface area contributed by atoms with Gasteiger partial charge in [0.2, 0.25) is 5.88 Å². The summed E-state index contributed by atoms with van der Waals surface area (Å²) in [6.07, 6.45) is 6.93. The molecule has 2 aliphatic rings. The Morgan fingerprint density at radius 3 is 2.96 bits per heavy atom. The van der Waals surface area contributed by atoms with E-state index in [0.717, 1.165) is 48.8 Å². The van der Waals surface area contributed by atoms with E-state index < -0.39 is 0 Å². The zero-order valence-electron chi connectivity index (χ0n) is 14.4. The van der Waals surface area contributed by atoms with Crippen molar-refractivity contribution in [3.63, 3.8) is 0 Å². The summed E-state index contributed by atoms with van der Waals surface area (Å²) in [5.74, 6) is 1.82. The summed E-state index contributed by atoms with van der Waals surface area (Å²) in [4.78, 5) is 10.9. The lowest BCUT2D eigenvalue weighted by Crippen LogP contribution is -2.58. The molecule has 2 fully saturated rings. The predicted octanol–water partition coefficient (Wildman–Crippen LogP) is 2.76. The van der Waals surface area contributed by atoms with Crippen LogP contribution in [0.25, 0.3) is 0 Å². The Kier molecular flexibility index (Phi) is 4.92. The van der Waals surface area contributed by atoms with Gasteiger partial charge in [0.1, 0.15) is 0 Å². The highest BCUT2D eigenvalue weighted by Gasteiger charge is 2.49. The molecule has 6 heteroatoms. The molecule has 0 radical (unpaired) electrons. The zero-order chi connectivity index (χ0) is 17.1. The van der Waals surface area contributed by atoms with Crippen molar-refractivity contribution in [2.45, 2.75) is 30.4 Å². The van der Waals surface area contributed by atoms with Crippen LogP contribution in [-0.4, -0.2) is 51.7 Å². The summed E-state index contributed by atoms with van der Waals surface area (Å²) in [6.45, 7) is 3.79. The molecular weight excluding hydrogens is 334 g/mol. The van der Waals surface area contributed by atoms with Crippen molar-refractivity contribution in [1.29, 1.82) is 0 Å². The number of hydrogen-bond donors (Lipinski definition) is 0. The predicted molar refractivity (Wildman–Crippen MR) is 98.7 cm³/mol. The second-order valence-electron chi connectivity index (χ2n) is 6.81. The van der Waals surface area contributed by atoms with Gasteiger partial charge in [-0.15, -0.1) is 11.8 Å². The van der Waals surface area contributed by atoms with Gasteiger partial charge in [-0.3, -0.25) is 9.88 Å². The summed E-state index contributed by atoms with van der Waals surface area (Å²) in [5, 5.41) is 0. The minimum atomic E-state index is 0.347. The largest absolute Gasteiger partial charge is 0.481 e. The fraction of sp³-hybridized carbons (Fsp3) is 0.474. The summed E-state index contributed by atoms with van der Waals surface area (Å²) in [6, 6.07) is 8.09. The van der Waals surface area contributed by atoms with E-state index in [0.29, 0.717) is 17.5 Å². The van der Waals surface area contributed by atoms with Gasteiger partial charge in [0.25, 0.3) is 0 Å². The summed E-state index contributed by atoms with van der Waals surface area (Å²) in [7, 11) is 1.68. The molecule has 0 N–H and O–H groups in total. The smallest absolute Gasteiger partial charge is 0.217 e. The van der Waals surface area contributed by atoms with Crippen LogP contribution in [0.15, 0.2) is 42.9 Å². The van der Waals surface area contributed by atoms with Gasteiger partial charge < -0.3 is 9.47 Å². The quantitative estimate of drug-likeness (QED) is 0.792. The molecule has 0 bridgehead atoms. The number of aromatic nitrogens is 2. The Morgan fingerprint density at radius 2 is 2.16 bits per heavy atom. The highest BCUT2D eigenvalue weighted by Crippen LogP contribution is 2.46. The van der Waals surface area contributed by atoms with E-state index in [4.69, 9.17) is 9.47 Å². The first-order chi connectivity index (χ1) is 12.3. The standard InChI is InChI=1S/C19H23N3O2S/c1-23-18-16(5-3-7-21-18)10-22-13-19(14-22)8-17(12-25-19)24-11-15-4-2-6-20-9-15/h2-7,9,17H,8,10-14H2,1H3/t17-/m1/s1. The van der Waals surface area contributed by atoms with Gasteiger partial charge in [-0.25, -0.2) is 4.98 Å². The van der Waals surface area contributed by atoms with E-state index in [-0.39, 0.29) is 0 Å². The molecule has 5 nitrogen and oxygen atoms in total. The number of methoxy groups -OCH3 is 1. The minimum Gasteiger partial charge on any atom is -0.481 e. The van der Waals surface area contributed by atoms with Crippen LogP contribution in [0.1, 0.15) is 17.5 Å². The maximum atomic E-state index is 6.10. The van der Waals surface area contributed by atoms with Crippen LogP contribution >= 0.6 is 11.8 Å². The fourth-order valence-electron chi connectivity index (χ4n) is 3.68. The molecule has 1 atom stereocenters. The Morgan fingerprint density at radius 1 is 1.28 bits per heavy atom. The highest BCUT2D eigenvalue weighted by molar-refractivity contribution is 8.01. The molecule has 0 amide bonds. The first-order valence-corrected chi connectivity index (χ1v) is 9.60. The van der Waals surface area contributed by atoms with Crippen molar-refractivity contribution in [2.24, 2.45) is 0 Å². The minimum absolute atomic E-state index is 0.347. The number of likely N-dealkylation sites (tertiary alicyclic amines) is 1. The van der Waals surface area contributed by atoms with Gasteiger partial charge in [0, 0.05) is 54.3 Å². The molecule has 25 heavy (non-hydrogen) atoms. The van der Waals surface area contributed by atoms with Gasteiger partial charge in [-0.2, -0.15) is 0 Å². The summed E-state index contributed by atoms with van der Waals surface area (Å²) in [5.41, 5.74) is 2.31. The molecule has 132 valence electrons. The lowest BCUT2D eigenvalue weighted by molar-refractivity contribution is 0.0261. The molecule has 2 aromatic heterocycles. The van der Waals surface area contributed by atoms with E-state index in [1.807, 2.05) is 18.3 Å². The van der Waals surface area contributed by atoms with Crippen LogP contribution in [0, 0.1) is 0 Å². The average Bonchev–Trinajstić information content (AvgIpc) is 3.05. The van der Waals surface area contributed by atoms with Crippen LogP contribution in [0.5, 0.6) is 5.88 Å². The fourth-order valence-corrected chi connectivity index (χ4v) is 5.28. The highest BCUT2D eigenvalue weighted by atomic mass is 32.2. The Hall–Kier alpha value is -1.63. The van der Waals surface area contributed by atoms with Crippen LogP contribution in [0.2, 0.25) is 0 Å². The molecule has 1 spiro atoms. The normalized spacial score (nSPS) is 22.0.